The molecule has 3 heterocycles. The average Bonchev–Trinajstić information content (AvgIpc) is 3.60. The zero-order valence-corrected chi connectivity index (χ0v) is 25.1. The lowest BCUT2D eigenvalue weighted by Crippen LogP contribution is -2.01. The zero-order chi connectivity index (χ0) is 30.8. The van der Waals surface area contributed by atoms with Crippen LogP contribution in [0.4, 0.5) is 0 Å². The molecule has 1 aliphatic rings. The number of sulfone groups is 1. The number of aromatic nitrogens is 3. The third kappa shape index (κ3) is 4.02. The molecule has 0 unspecified atom stereocenters. The molecule has 8 aromatic rings. The van der Waals surface area contributed by atoms with Crippen LogP contribution >= 0.6 is 0 Å². The number of furan rings is 1. The Morgan fingerprint density at radius 2 is 1.07 bits per heavy atom. The summed E-state index contributed by atoms with van der Waals surface area (Å²) in [7, 11) is -3.82. The molecular weight excluding hydrogens is 591 g/mol. The van der Waals surface area contributed by atoms with E-state index in [-0.39, 0.29) is 4.90 Å². The van der Waals surface area contributed by atoms with Gasteiger partial charge in [0.25, 0.3) is 0 Å². The highest BCUT2D eigenvalue weighted by molar-refractivity contribution is 7.92. The molecular formula is C39H23N3O3S. The zero-order valence-electron chi connectivity index (χ0n) is 24.3. The van der Waals surface area contributed by atoms with Crippen molar-refractivity contribution >= 4 is 31.8 Å². The summed E-state index contributed by atoms with van der Waals surface area (Å²) in [5.41, 5.74) is 6.49. The molecule has 0 atom stereocenters. The molecule has 2 aromatic heterocycles. The van der Waals surface area contributed by atoms with E-state index in [1.807, 2.05) is 127 Å². The maximum atomic E-state index is 14.2. The quantitative estimate of drug-likeness (QED) is 0.197. The van der Waals surface area contributed by atoms with Crippen molar-refractivity contribution in [2.75, 3.05) is 0 Å². The van der Waals surface area contributed by atoms with Crippen LogP contribution in [0, 0.1) is 0 Å². The van der Waals surface area contributed by atoms with Gasteiger partial charge in [-0.25, -0.2) is 23.4 Å². The van der Waals surface area contributed by atoms with E-state index in [0.717, 1.165) is 38.6 Å². The van der Waals surface area contributed by atoms with E-state index < -0.39 is 9.84 Å². The van der Waals surface area contributed by atoms with E-state index in [2.05, 4.69) is 0 Å². The van der Waals surface area contributed by atoms with Gasteiger partial charge in [0, 0.05) is 44.2 Å². The van der Waals surface area contributed by atoms with E-state index in [9.17, 15) is 8.42 Å². The fourth-order valence-corrected chi connectivity index (χ4v) is 8.31. The molecule has 0 saturated carbocycles. The third-order valence-electron chi connectivity index (χ3n) is 8.50. The summed E-state index contributed by atoms with van der Waals surface area (Å²) in [4.78, 5) is 15.4. The number of para-hydroxylation sites is 1. The fourth-order valence-electron chi connectivity index (χ4n) is 6.40. The minimum atomic E-state index is -3.82. The van der Waals surface area contributed by atoms with Crippen molar-refractivity contribution in [3.63, 3.8) is 0 Å². The Hall–Kier alpha value is -5.92. The average molecular weight is 614 g/mol. The molecule has 0 amide bonds. The molecule has 0 fully saturated rings. The Bertz CT molecular complexity index is 2600. The molecule has 9 rings (SSSR count). The number of hydrogen-bond acceptors (Lipinski definition) is 6. The van der Waals surface area contributed by atoms with E-state index >= 15 is 0 Å². The van der Waals surface area contributed by atoms with Gasteiger partial charge in [-0.15, -0.1) is 0 Å². The standard InChI is InChI=1S/C39H23N3O3S/c43-46(44)34-20-10-18-31(35(34)30-17-9-16-27(36(30)46)24-11-3-1-4-12-24)39-41-37(25-13-5-2-6-14-25)40-38(42-39)26-21-22-29-28-15-7-8-19-32(28)45-33(29)23-26/h1-23H. The fraction of sp³-hybridized carbons (Fsp3) is 0. The van der Waals surface area contributed by atoms with Crippen LogP contribution in [0.1, 0.15) is 0 Å². The molecule has 0 aliphatic carbocycles. The molecule has 218 valence electrons. The summed E-state index contributed by atoms with van der Waals surface area (Å²) < 4.78 is 34.5. The van der Waals surface area contributed by atoms with Gasteiger partial charge in [-0.3, -0.25) is 0 Å². The highest BCUT2D eigenvalue weighted by atomic mass is 32.2. The minimum Gasteiger partial charge on any atom is -0.456 e. The van der Waals surface area contributed by atoms with Crippen LogP contribution in [0.25, 0.3) is 78.4 Å². The van der Waals surface area contributed by atoms with Crippen molar-refractivity contribution in [3.8, 4) is 56.4 Å². The maximum absolute atomic E-state index is 14.2. The van der Waals surface area contributed by atoms with Crippen molar-refractivity contribution in [3.05, 3.63) is 140 Å². The Kier molecular flexibility index (Phi) is 5.79. The smallest absolute Gasteiger partial charge is 0.208 e. The third-order valence-corrected chi connectivity index (χ3v) is 10.4. The lowest BCUT2D eigenvalue weighted by Gasteiger charge is -2.11. The Labute approximate surface area is 264 Å². The van der Waals surface area contributed by atoms with Crippen molar-refractivity contribution in [1.82, 2.24) is 15.0 Å². The highest BCUT2D eigenvalue weighted by Gasteiger charge is 2.37. The largest absolute Gasteiger partial charge is 0.456 e. The number of benzene rings is 6. The maximum Gasteiger partial charge on any atom is 0.208 e. The Balaban J connectivity index is 1.28. The molecule has 0 N–H and O–H groups in total. The minimum absolute atomic E-state index is 0.246. The normalized spacial score (nSPS) is 13.1. The summed E-state index contributed by atoms with van der Waals surface area (Å²) in [6.45, 7) is 0. The summed E-state index contributed by atoms with van der Waals surface area (Å²) in [6.07, 6.45) is 0. The van der Waals surface area contributed by atoms with Gasteiger partial charge in [0.1, 0.15) is 11.2 Å². The number of fused-ring (bicyclic) bond motifs is 6. The number of rotatable bonds is 4. The van der Waals surface area contributed by atoms with Crippen LogP contribution in [-0.2, 0) is 9.84 Å². The van der Waals surface area contributed by atoms with Crippen molar-refractivity contribution in [2.24, 2.45) is 0 Å². The molecule has 0 bridgehead atoms. The second-order valence-corrected chi connectivity index (χ2v) is 13.1. The molecule has 6 aromatic carbocycles. The van der Waals surface area contributed by atoms with Gasteiger partial charge < -0.3 is 4.42 Å². The van der Waals surface area contributed by atoms with Crippen molar-refractivity contribution in [1.29, 1.82) is 0 Å². The number of nitrogens with zero attached hydrogens (tertiary/aromatic N) is 3. The van der Waals surface area contributed by atoms with E-state index in [1.54, 1.807) is 12.1 Å². The predicted octanol–water partition coefficient (Wildman–Crippen LogP) is 9.25. The van der Waals surface area contributed by atoms with E-state index in [0.29, 0.717) is 44.6 Å². The molecule has 6 nitrogen and oxygen atoms in total. The molecule has 1 aliphatic heterocycles. The SMILES string of the molecule is O=S1(=O)c2cccc(-c3nc(-c4ccccc4)nc(-c4ccc5c(c4)oc4ccccc45)n3)c2-c2cccc(-c3ccccc3)c21. The topological polar surface area (TPSA) is 86.0 Å². The molecule has 0 saturated heterocycles. The van der Waals surface area contributed by atoms with Gasteiger partial charge in [-0.2, -0.15) is 0 Å². The summed E-state index contributed by atoms with van der Waals surface area (Å²) >= 11 is 0. The molecule has 0 spiro atoms. The molecule has 7 heteroatoms. The van der Waals surface area contributed by atoms with E-state index in [1.165, 1.54) is 0 Å². The Morgan fingerprint density at radius 3 is 1.87 bits per heavy atom. The summed E-state index contributed by atoms with van der Waals surface area (Å²) in [5.74, 6) is 1.34. The molecule has 46 heavy (non-hydrogen) atoms. The van der Waals surface area contributed by atoms with Crippen LogP contribution < -0.4 is 0 Å². The predicted molar refractivity (Wildman–Crippen MR) is 180 cm³/mol. The van der Waals surface area contributed by atoms with Crippen LogP contribution in [0.15, 0.2) is 154 Å². The Morgan fingerprint density at radius 1 is 0.457 bits per heavy atom. The monoisotopic (exact) mass is 613 g/mol. The summed E-state index contributed by atoms with van der Waals surface area (Å²) in [5, 5.41) is 2.05. The van der Waals surface area contributed by atoms with Gasteiger partial charge >= 0.3 is 0 Å². The van der Waals surface area contributed by atoms with Crippen LogP contribution in [-0.4, -0.2) is 23.4 Å². The van der Waals surface area contributed by atoms with Gasteiger partial charge in [0.05, 0.1) is 9.79 Å². The lowest BCUT2D eigenvalue weighted by atomic mass is 9.95. The molecule has 0 radical (unpaired) electrons. The first-order chi connectivity index (χ1) is 22.6. The summed E-state index contributed by atoms with van der Waals surface area (Å²) in [6, 6.07) is 44.2. The van der Waals surface area contributed by atoms with Gasteiger partial charge in [-0.1, -0.05) is 115 Å². The number of hydrogen-bond donors (Lipinski definition) is 0. The van der Waals surface area contributed by atoms with Gasteiger partial charge in [-0.05, 0) is 29.8 Å². The van der Waals surface area contributed by atoms with Crippen LogP contribution in [0.5, 0.6) is 0 Å². The first-order valence-electron chi connectivity index (χ1n) is 14.9. The van der Waals surface area contributed by atoms with Crippen LogP contribution in [0.2, 0.25) is 0 Å². The van der Waals surface area contributed by atoms with Crippen molar-refractivity contribution in [2.45, 2.75) is 9.79 Å². The second-order valence-electron chi connectivity index (χ2n) is 11.2. The highest BCUT2D eigenvalue weighted by Crippen LogP contribution is 2.50. The lowest BCUT2D eigenvalue weighted by molar-refractivity contribution is 0.599. The van der Waals surface area contributed by atoms with Gasteiger partial charge in [0.15, 0.2) is 17.5 Å². The first kappa shape index (κ1) is 26.5. The van der Waals surface area contributed by atoms with Crippen LogP contribution in [0.3, 0.4) is 0 Å². The van der Waals surface area contributed by atoms with E-state index in [4.69, 9.17) is 19.4 Å². The van der Waals surface area contributed by atoms with Gasteiger partial charge in [0.2, 0.25) is 9.84 Å². The first-order valence-corrected chi connectivity index (χ1v) is 16.3. The van der Waals surface area contributed by atoms with Crippen molar-refractivity contribution < 1.29 is 12.8 Å². The second kappa shape index (κ2) is 10.1.